The summed E-state index contributed by atoms with van der Waals surface area (Å²) in [5, 5.41) is 3.01. The van der Waals surface area contributed by atoms with Gasteiger partial charge in [0.25, 0.3) is 5.91 Å². The van der Waals surface area contributed by atoms with Crippen LogP contribution in [0.5, 0.6) is 17.2 Å². The second-order valence-corrected chi connectivity index (χ2v) is 6.69. The van der Waals surface area contributed by atoms with E-state index in [0.29, 0.717) is 35.4 Å². The van der Waals surface area contributed by atoms with Crippen molar-refractivity contribution in [1.82, 2.24) is 10.2 Å². The van der Waals surface area contributed by atoms with Crippen LogP contribution in [-0.4, -0.2) is 57.8 Å². The Morgan fingerprint density at radius 2 is 1.72 bits per heavy atom. The lowest BCUT2D eigenvalue weighted by molar-refractivity contribution is 0.0921. The fraction of sp³-hybridized carbons (Fsp3) is 0.632. The van der Waals surface area contributed by atoms with Gasteiger partial charge in [0, 0.05) is 18.2 Å². The van der Waals surface area contributed by atoms with Gasteiger partial charge < -0.3 is 19.5 Å². The number of rotatable bonds is 7. The van der Waals surface area contributed by atoms with Crippen molar-refractivity contribution in [3.05, 3.63) is 17.7 Å². The van der Waals surface area contributed by atoms with E-state index in [0.717, 1.165) is 19.0 Å². The van der Waals surface area contributed by atoms with Gasteiger partial charge in [-0.1, -0.05) is 6.92 Å². The molecule has 0 spiro atoms. The van der Waals surface area contributed by atoms with Crippen molar-refractivity contribution in [3.8, 4) is 17.2 Å². The van der Waals surface area contributed by atoms with Crippen molar-refractivity contribution in [2.45, 2.75) is 32.7 Å². The number of methoxy groups -OCH3 is 3. The standard InChI is InChI=1S/C19H30N2O4/c1-13-6-8-21(9-7-13)14(2)12-20-19(22)15-10-16(23-3)18(25-5)17(11-15)24-4/h10-11,13-14H,6-9,12H2,1-5H3,(H,20,22). The molecule has 1 heterocycles. The van der Waals surface area contributed by atoms with Gasteiger partial charge in [-0.25, -0.2) is 0 Å². The number of carbonyl (C=O) groups is 1. The highest BCUT2D eigenvalue weighted by atomic mass is 16.5. The molecule has 1 aromatic rings. The number of nitrogens with one attached hydrogen (secondary N) is 1. The molecule has 1 saturated heterocycles. The molecule has 0 aliphatic carbocycles. The van der Waals surface area contributed by atoms with Gasteiger partial charge in [-0.05, 0) is 50.9 Å². The van der Waals surface area contributed by atoms with Crippen molar-refractivity contribution in [1.29, 1.82) is 0 Å². The SMILES string of the molecule is COc1cc(C(=O)NCC(C)N2CCC(C)CC2)cc(OC)c1OC. The zero-order chi connectivity index (χ0) is 18.4. The van der Waals surface area contributed by atoms with E-state index in [4.69, 9.17) is 14.2 Å². The van der Waals surface area contributed by atoms with Gasteiger partial charge in [-0.3, -0.25) is 9.69 Å². The Kier molecular flexibility index (Phi) is 6.93. The molecule has 1 unspecified atom stereocenters. The Morgan fingerprint density at radius 3 is 2.20 bits per heavy atom. The normalized spacial score (nSPS) is 17.0. The average Bonchev–Trinajstić information content (AvgIpc) is 2.64. The minimum Gasteiger partial charge on any atom is -0.493 e. The Bertz CT molecular complexity index is 558. The van der Waals surface area contributed by atoms with Crippen LogP contribution in [0.1, 0.15) is 37.0 Å². The fourth-order valence-electron chi connectivity index (χ4n) is 3.15. The Hall–Kier alpha value is -1.95. The molecular formula is C19H30N2O4. The summed E-state index contributed by atoms with van der Waals surface area (Å²) in [4.78, 5) is 15.0. The summed E-state index contributed by atoms with van der Waals surface area (Å²) in [7, 11) is 4.62. The minimum absolute atomic E-state index is 0.142. The highest BCUT2D eigenvalue weighted by Gasteiger charge is 2.21. The molecule has 1 fully saturated rings. The number of piperidine rings is 1. The first-order chi connectivity index (χ1) is 12.0. The van der Waals surface area contributed by atoms with Crippen LogP contribution >= 0.6 is 0 Å². The highest BCUT2D eigenvalue weighted by molar-refractivity contribution is 5.95. The summed E-state index contributed by atoms with van der Waals surface area (Å²) in [5.74, 6) is 2.10. The molecule has 6 nitrogen and oxygen atoms in total. The predicted molar refractivity (Wildman–Crippen MR) is 97.9 cm³/mol. The van der Waals surface area contributed by atoms with Crippen LogP contribution in [0.2, 0.25) is 0 Å². The van der Waals surface area contributed by atoms with E-state index in [2.05, 4.69) is 24.1 Å². The zero-order valence-electron chi connectivity index (χ0n) is 15.9. The third kappa shape index (κ3) is 4.78. The Morgan fingerprint density at radius 1 is 1.16 bits per heavy atom. The number of likely N-dealkylation sites (tertiary alicyclic amines) is 1. The molecule has 1 amide bonds. The van der Waals surface area contributed by atoms with E-state index in [-0.39, 0.29) is 5.91 Å². The highest BCUT2D eigenvalue weighted by Crippen LogP contribution is 2.38. The zero-order valence-corrected chi connectivity index (χ0v) is 15.9. The Balaban J connectivity index is 2.00. The van der Waals surface area contributed by atoms with Crippen LogP contribution in [0.15, 0.2) is 12.1 Å². The lowest BCUT2D eigenvalue weighted by Gasteiger charge is -2.35. The first-order valence-electron chi connectivity index (χ1n) is 8.82. The maximum Gasteiger partial charge on any atom is 0.251 e. The smallest absolute Gasteiger partial charge is 0.251 e. The summed E-state index contributed by atoms with van der Waals surface area (Å²) >= 11 is 0. The number of benzene rings is 1. The first-order valence-corrected chi connectivity index (χ1v) is 8.82. The molecule has 1 N–H and O–H groups in total. The number of amides is 1. The first kappa shape index (κ1) is 19.4. The van der Waals surface area contributed by atoms with Crippen LogP contribution < -0.4 is 19.5 Å². The average molecular weight is 350 g/mol. The van der Waals surface area contributed by atoms with Crippen molar-refractivity contribution in [2.24, 2.45) is 5.92 Å². The molecule has 0 saturated carbocycles. The second kappa shape index (κ2) is 8.94. The van der Waals surface area contributed by atoms with Gasteiger partial charge in [0.2, 0.25) is 5.75 Å². The summed E-state index contributed by atoms with van der Waals surface area (Å²) in [6, 6.07) is 3.66. The molecule has 1 aliphatic rings. The third-order valence-electron chi connectivity index (χ3n) is 4.93. The van der Waals surface area contributed by atoms with Crippen LogP contribution in [0.25, 0.3) is 0 Å². The summed E-state index contributed by atoms with van der Waals surface area (Å²) in [5.41, 5.74) is 0.494. The van der Waals surface area contributed by atoms with E-state index in [1.54, 1.807) is 33.5 Å². The molecule has 0 aromatic heterocycles. The van der Waals surface area contributed by atoms with Crippen molar-refractivity contribution >= 4 is 5.91 Å². The van der Waals surface area contributed by atoms with Crippen molar-refractivity contribution in [2.75, 3.05) is 41.0 Å². The largest absolute Gasteiger partial charge is 0.493 e. The molecule has 0 bridgehead atoms. The summed E-state index contributed by atoms with van der Waals surface area (Å²) in [6.45, 7) is 7.27. The second-order valence-electron chi connectivity index (χ2n) is 6.69. The molecular weight excluding hydrogens is 320 g/mol. The van der Waals surface area contributed by atoms with E-state index >= 15 is 0 Å². The van der Waals surface area contributed by atoms with Crippen LogP contribution in [0.4, 0.5) is 0 Å². The maximum atomic E-state index is 12.5. The molecule has 25 heavy (non-hydrogen) atoms. The van der Waals surface area contributed by atoms with Gasteiger partial charge in [0.15, 0.2) is 11.5 Å². The summed E-state index contributed by atoms with van der Waals surface area (Å²) < 4.78 is 15.9. The van der Waals surface area contributed by atoms with E-state index in [1.165, 1.54) is 12.8 Å². The topological polar surface area (TPSA) is 60.0 Å². The predicted octanol–water partition coefficient (Wildman–Crippen LogP) is 2.56. The number of hydrogen-bond donors (Lipinski definition) is 1. The van der Waals surface area contributed by atoms with Gasteiger partial charge in [0.1, 0.15) is 0 Å². The lowest BCUT2D eigenvalue weighted by atomic mass is 9.98. The molecule has 140 valence electrons. The van der Waals surface area contributed by atoms with Gasteiger partial charge in [-0.15, -0.1) is 0 Å². The fourth-order valence-corrected chi connectivity index (χ4v) is 3.15. The van der Waals surface area contributed by atoms with E-state index < -0.39 is 0 Å². The van der Waals surface area contributed by atoms with Crippen LogP contribution in [-0.2, 0) is 0 Å². The maximum absolute atomic E-state index is 12.5. The Labute approximate surface area is 150 Å². The molecule has 0 radical (unpaired) electrons. The minimum atomic E-state index is -0.142. The van der Waals surface area contributed by atoms with Crippen molar-refractivity contribution in [3.63, 3.8) is 0 Å². The van der Waals surface area contributed by atoms with Gasteiger partial charge >= 0.3 is 0 Å². The molecule has 2 rings (SSSR count). The number of hydrogen-bond acceptors (Lipinski definition) is 5. The van der Waals surface area contributed by atoms with Crippen LogP contribution in [0.3, 0.4) is 0 Å². The van der Waals surface area contributed by atoms with E-state index in [1.807, 2.05) is 0 Å². The van der Waals surface area contributed by atoms with Crippen molar-refractivity contribution < 1.29 is 19.0 Å². The third-order valence-corrected chi connectivity index (χ3v) is 4.93. The molecule has 6 heteroatoms. The number of ether oxygens (including phenoxy) is 3. The van der Waals surface area contributed by atoms with E-state index in [9.17, 15) is 4.79 Å². The number of nitrogens with zero attached hydrogens (tertiary/aromatic N) is 1. The molecule has 1 atom stereocenters. The van der Waals surface area contributed by atoms with Gasteiger partial charge in [-0.2, -0.15) is 0 Å². The number of carbonyl (C=O) groups excluding carboxylic acids is 1. The molecule has 1 aliphatic heterocycles. The molecule has 1 aromatic carbocycles. The quantitative estimate of drug-likeness (QED) is 0.819. The van der Waals surface area contributed by atoms with Gasteiger partial charge in [0.05, 0.1) is 21.3 Å². The summed E-state index contributed by atoms with van der Waals surface area (Å²) in [6.07, 6.45) is 2.45. The monoisotopic (exact) mass is 350 g/mol. The van der Waals surface area contributed by atoms with Crippen LogP contribution in [0, 0.1) is 5.92 Å². The lowest BCUT2D eigenvalue weighted by Crippen LogP contribution is -2.45.